The van der Waals surface area contributed by atoms with Gasteiger partial charge >= 0.3 is 12.0 Å². The number of imidazole rings is 1. The van der Waals surface area contributed by atoms with Gasteiger partial charge in [-0.25, -0.2) is 14.6 Å². The molecule has 0 saturated heterocycles. The van der Waals surface area contributed by atoms with Gasteiger partial charge in [0.2, 0.25) is 0 Å². The van der Waals surface area contributed by atoms with E-state index < -0.39 is 18.0 Å². The van der Waals surface area contributed by atoms with Crippen molar-refractivity contribution in [3.63, 3.8) is 0 Å². The second-order valence-electron chi connectivity index (χ2n) is 3.57. The van der Waals surface area contributed by atoms with E-state index in [0.717, 1.165) is 6.42 Å². The third kappa shape index (κ3) is 4.54. The summed E-state index contributed by atoms with van der Waals surface area (Å²) in [5, 5.41) is 13.9. The molecule has 1 aromatic heterocycles. The Morgan fingerprint density at radius 2 is 2.35 bits per heavy atom. The summed E-state index contributed by atoms with van der Waals surface area (Å²) in [6.45, 7) is 2.43. The molecule has 0 aliphatic rings. The molecule has 0 saturated carbocycles. The van der Waals surface area contributed by atoms with E-state index >= 15 is 0 Å². The summed E-state index contributed by atoms with van der Waals surface area (Å²) in [4.78, 5) is 28.9. The Kier molecular flexibility index (Phi) is 4.99. The van der Waals surface area contributed by atoms with Gasteiger partial charge in [0.05, 0.1) is 6.33 Å². The number of aromatic amines is 1. The lowest BCUT2D eigenvalue weighted by Crippen LogP contribution is -2.47. The van der Waals surface area contributed by atoms with E-state index in [1.54, 1.807) is 0 Å². The van der Waals surface area contributed by atoms with Crippen LogP contribution in [0.5, 0.6) is 0 Å². The molecule has 0 bridgehead atoms. The third-order valence-corrected chi connectivity index (χ3v) is 2.12. The lowest BCUT2D eigenvalue weighted by atomic mass is 10.2. The van der Waals surface area contributed by atoms with Crippen molar-refractivity contribution in [3.05, 3.63) is 18.2 Å². The summed E-state index contributed by atoms with van der Waals surface area (Å²) in [5.41, 5.74) is 0.660. The highest BCUT2D eigenvalue weighted by atomic mass is 16.4. The number of carboxylic acid groups (broad SMARTS) is 1. The zero-order valence-electron chi connectivity index (χ0n) is 9.56. The molecule has 0 aromatic carbocycles. The summed E-state index contributed by atoms with van der Waals surface area (Å²) >= 11 is 0. The van der Waals surface area contributed by atoms with Crippen LogP contribution in [-0.2, 0) is 11.2 Å². The Labute approximate surface area is 98.6 Å². The van der Waals surface area contributed by atoms with Crippen LogP contribution in [0.1, 0.15) is 19.0 Å². The number of urea groups is 1. The van der Waals surface area contributed by atoms with Crippen molar-refractivity contribution >= 4 is 12.0 Å². The van der Waals surface area contributed by atoms with Gasteiger partial charge < -0.3 is 20.7 Å². The molecule has 1 atom stereocenters. The minimum atomic E-state index is -1.08. The van der Waals surface area contributed by atoms with Gasteiger partial charge in [0.15, 0.2) is 0 Å². The molecule has 2 amide bonds. The third-order valence-electron chi connectivity index (χ3n) is 2.12. The molecule has 4 N–H and O–H groups in total. The SMILES string of the molecule is CCCNC(=O)N[C@@H](Cc1cnc[nH]1)C(=O)O. The fraction of sp³-hybridized carbons (Fsp3) is 0.500. The molecule has 0 unspecified atom stereocenters. The molecule has 94 valence electrons. The van der Waals surface area contributed by atoms with E-state index in [-0.39, 0.29) is 6.42 Å². The number of nitrogens with zero attached hydrogens (tertiary/aromatic N) is 1. The van der Waals surface area contributed by atoms with E-state index in [9.17, 15) is 9.59 Å². The minimum absolute atomic E-state index is 0.175. The summed E-state index contributed by atoms with van der Waals surface area (Å²) in [6.07, 6.45) is 3.97. The number of hydrogen-bond acceptors (Lipinski definition) is 3. The van der Waals surface area contributed by atoms with E-state index in [2.05, 4.69) is 20.6 Å². The van der Waals surface area contributed by atoms with Gasteiger partial charge in [0, 0.05) is 24.9 Å². The average Bonchev–Trinajstić information content (AvgIpc) is 2.78. The van der Waals surface area contributed by atoms with Gasteiger partial charge in [-0.1, -0.05) is 6.92 Å². The predicted molar refractivity (Wildman–Crippen MR) is 60.5 cm³/mol. The van der Waals surface area contributed by atoms with Crippen LogP contribution in [0.3, 0.4) is 0 Å². The Hall–Kier alpha value is -2.05. The summed E-state index contributed by atoms with van der Waals surface area (Å²) in [7, 11) is 0. The fourth-order valence-corrected chi connectivity index (χ4v) is 1.26. The molecular weight excluding hydrogens is 224 g/mol. The maximum Gasteiger partial charge on any atom is 0.326 e. The number of nitrogens with one attached hydrogen (secondary N) is 3. The van der Waals surface area contributed by atoms with Gasteiger partial charge in [0.1, 0.15) is 6.04 Å². The average molecular weight is 240 g/mol. The first-order valence-corrected chi connectivity index (χ1v) is 5.38. The quantitative estimate of drug-likeness (QED) is 0.566. The van der Waals surface area contributed by atoms with Crippen LogP contribution >= 0.6 is 0 Å². The lowest BCUT2D eigenvalue weighted by molar-refractivity contribution is -0.139. The van der Waals surface area contributed by atoms with E-state index in [4.69, 9.17) is 5.11 Å². The molecule has 0 radical (unpaired) electrons. The van der Waals surface area contributed by atoms with Crippen LogP contribution in [0, 0.1) is 0 Å². The Morgan fingerprint density at radius 3 is 2.88 bits per heavy atom. The Bertz CT molecular complexity index is 364. The van der Waals surface area contributed by atoms with Gasteiger partial charge in [-0.15, -0.1) is 0 Å². The van der Waals surface area contributed by atoms with Crippen molar-refractivity contribution in [1.82, 2.24) is 20.6 Å². The number of aliphatic carboxylic acids is 1. The molecule has 1 rings (SSSR count). The van der Waals surface area contributed by atoms with Gasteiger partial charge in [-0.05, 0) is 6.42 Å². The minimum Gasteiger partial charge on any atom is -0.480 e. The molecule has 0 aliphatic heterocycles. The van der Waals surface area contributed by atoms with Crippen molar-refractivity contribution < 1.29 is 14.7 Å². The molecule has 7 heteroatoms. The molecule has 1 aromatic rings. The van der Waals surface area contributed by atoms with Crippen LogP contribution in [0.15, 0.2) is 12.5 Å². The van der Waals surface area contributed by atoms with Crippen LogP contribution in [0.25, 0.3) is 0 Å². The van der Waals surface area contributed by atoms with Crippen molar-refractivity contribution in [2.75, 3.05) is 6.54 Å². The zero-order chi connectivity index (χ0) is 12.7. The molecule has 0 spiro atoms. The molecular formula is C10H16N4O3. The number of H-pyrrole nitrogens is 1. The van der Waals surface area contributed by atoms with Gasteiger partial charge in [0.25, 0.3) is 0 Å². The largest absolute Gasteiger partial charge is 0.480 e. The first kappa shape index (κ1) is 13.0. The van der Waals surface area contributed by atoms with E-state index in [1.165, 1.54) is 12.5 Å². The molecule has 17 heavy (non-hydrogen) atoms. The molecule has 1 heterocycles. The fourth-order valence-electron chi connectivity index (χ4n) is 1.26. The number of carboxylic acids is 1. The zero-order valence-corrected chi connectivity index (χ0v) is 9.56. The van der Waals surface area contributed by atoms with Crippen LogP contribution in [0.2, 0.25) is 0 Å². The predicted octanol–water partition coefficient (Wildman–Crippen LogP) is 0.115. The van der Waals surface area contributed by atoms with E-state index in [1.807, 2.05) is 6.92 Å². The first-order valence-electron chi connectivity index (χ1n) is 5.38. The monoisotopic (exact) mass is 240 g/mol. The first-order chi connectivity index (χ1) is 8.13. The second-order valence-corrected chi connectivity index (χ2v) is 3.57. The maximum atomic E-state index is 11.3. The lowest BCUT2D eigenvalue weighted by Gasteiger charge is -2.14. The standard InChI is InChI=1S/C10H16N4O3/c1-2-3-12-10(17)14-8(9(15)16)4-7-5-11-6-13-7/h5-6,8H,2-4H2,1H3,(H,11,13)(H,15,16)(H2,12,14,17)/t8-/m0/s1. The smallest absolute Gasteiger partial charge is 0.326 e. The van der Waals surface area contributed by atoms with Gasteiger partial charge in [-0.2, -0.15) is 0 Å². The molecule has 0 aliphatic carbocycles. The highest BCUT2D eigenvalue weighted by Crippen LogP contribution is 1.98. The van der Waals surface area contributed by atoms with Crippen molar-refractivity contribution in [2.45, 2.75) is 25.8 Å². The van der Waals surface area contributed by atoms with Crippen molar-refractivity contribution in [1.29, 1.82) is 0 Å². The van der Waals surface area contributed by atoms with E-state index in [0.29, 0.717) is 12.2 Å². The van der Waals surface area contributed by atoms with Crippen LogP contribution in [-0.4, -0.2) is 39.7 Å². The van der Waals surface area contributed by atoms with Crippen molar-refractivity contribution in [2.24, 2.45) is 0 Å². The molecule has 0 fully saturated rings. The number of amides is 2. The van der Waals surface area contributed by atoms with Crippen molar-refractivity contribution in [3.8, 4) is 0 Å². The highest BCUT2D eigenvalue weighted by Gasteiger charge is 2.20. The number of rotatable bonds is 6. The van der Waals surface area contributed by atoms with Crippen LogP contribution in [0.4, 0.5) is 4.79 Å². The second kappa shape index (κ2) is 6.51. The highest BCUT2D eigenvalue weighted by molar-refractivity contribution is 5.82. The van der Waals surface area contributed by atoms with Crippen LogP contribution < -0.4 is 10.6 Å². The van der Waals surface area contributed by atoms with Gasteiger partial charge in [-0.3, -0.25) is 0 Å². The summed E-state index contributed by atoms with van der Waals surface area (Å²) in [5.74, 6) is -1.08. The number of aromatic nitrogens is 2. The number of carbonyl (C=O) groups is 2. The normalized spacial score (nSPS) is 11.8. The molecule has 7 nitrogen and oxygen atoms in total. The number of hydrogen-bond donors (Lipinski definition) is 4. The Morgan fingerprint density at radius 1 is 1.59 bits per heavy atom. The summed E-state index contributed by atoms with van der Waals surface area (Å²) in [6, 6.07) is -1.44. The maximum absolute atomic E-state index is 11.3. The Balaban J connectivity index is 2.49. The number of carbonyl (C=O) groups excluding carboxylic acids is 1. The topological polar surface area (TPSA) is 107 Å². The summed E-state index contributed by atoms with van der Waals surface area (Å²) < 4.78 is 0.